The minimum atomic E-state index is -1.13. The third-order valence-corrected chi connectivity index (χ3v) is 2.82. The van der Waals surface area contributed by atoms with E-state index in [0.717, 1.165) is 0 Å². The lowest BCUT2D eigenvalue weighted by molar-refractivity contribution is 0.0686. The van der Waals surface area contributed by atoms with Crippen molar-refractivity contribution >= 4 is 23.8 Å². The van der Waals surface area contributed by atoms with E-state index >= 15 is 0 Å². The lowest BCUT2D eigenvalue weighted by atomic mass is 10.1. The SMILES string of the molecule is O=C(O)c1ccc(O)c(C=NNc2ccccc2C(=O)O)c1. The molecule has 0 amide bonds. The molecule has 0 saturated carbocycles. The second-order valence-corrected chi connectivity index (χ2v) is 4.30. The largest absolute Gasteiger partial charge is 0.507 e. The lowest BCUT2D eigenvalue weighted by Gasteiger charge is -2.05. The quantitative estimate of drug-likeness (QED) is 0.496. The summed E-state index contributed by atoms with van der Waals surface area (Å²) in [6.45, 7) is 0. The molecule has 0 atom stereocenters. The predicted octanol–water partition coefficient (Wildman–Crippen LogP) is 2.23. The van der Waals surface area contributed by atoms with Crippen LogP contribution in [0.1, 0.15) is 26.3 Å². The number of para-hydroxylation sites is 1. The molecule has 0 unspecified atom stereocenters. The van der Waals surface area contributed by atoms with Gasteiger partial charge in [-0.25, -0.2) is 9.59 Å². The van der Waals surface area contributed by atoms with E-state index in [1.807, 2.05) is 0 Å². The zero-order chi connectivity index (χ0) is 16.1. The van der Waals surface area contributed by atoms with Gasteiger partial charge in [-0.05, 0) is 30.3 Å². The van der Waals surface area contributed by atoms with Gasteiger partial charge >= 0.3 is 11.9 Å². The van der Waals surface area contributed by atoms with Crippen molar-refractivity contribution in [2.24, 2.45) is 5.10 Å². The minimum Gasteiger partial charge on any atom is -0.507 e. The average Bonchev–Trinajstić information content (AvgIpc) is 2.49. The van der Waals surface area contributed by atoms with E-state index in [0.29, 0.717) is 0 Å². The number of aromatic hydroxyl groups is 1. The van der Waals surface area contributed by atoms with Crippen molar-refractivity contribution in [3.63, 3.8) is 0 Å². The van der Waals surface area contributed by atoms with Crippen LogP contribution in [-0.4, -0.2) is 33.5 Å². The summed E-state index contributed by atoms with van der Waals surface area (Å²) >= 11 is 0. The summed E-state index contributed by atoms with van der Waals surface area (Å²) in [6, 6.07) is 9.95. The van der Waals surface area contributed by atoms with Crippen LogP contribution < -0.4 is 5.43 Å². The van der Waals surface area contributed by atoms with Crippen LogP contribution in [-0.2, 0) is 0 Å². The van der Waals surface area contributed by atoms with Crippen LogP contribution in [0.5, 0.6) is 5.75 Å². The Hall–Kier alpha value is -3.35. The summed E-state index contributed by atoms with van der Waals surface area (Å²) in [6.07, 6.45) is 1.21. The number of nitrogens with zero attached hydrogens (tertiary/aromatic N) is 1. The number of anilines is 1. The standard InChI is InChI=1S/C15H12N2O5/c18-13-6-5-9(14(19)20)7-10(13)8-16-17-12-4-2-1-3-11(12)15(21)22/h1-8,17-18H,(H,19,20)(H,21,22). The fourth-order valence-electron chi connectivity index (χ4n) is 1.73. The molecule has 2 aromatic carbocycles. The van der Waals surface area contributed by atoms with Crippen LogP contribution >= 0.6 is 0 Å². The van der Waals surface area contributed by atoms with E-state index in [-0.39, 0.29) is 28.1 Å². The fourth-order valence-corrected chi connectivity index (χ4v) is 1.73. The molecule has 2 aromatic rings. The van der Waals surface area contributed by atoms with Crippen molar-refractivity contribution in [3.8, 4) is 5.75 Å². The lowest BCUT2D eigenvalue weighted by Crippen LogP contribution is -2.02. The Bertz CT molecular complexity index is 755. The zero-order valence-electron chi connectivity index (χ0n) is 11.2. The van der Waals surface area contributed by atoms with E-state index in [9.17, 15) is 14.7 Å². The van der Waals surface area contributed by atoms with Gasteiger partial charge in [0.1, 0.15) is 5.75 Å². The van der Waals surface area contributed by atoms with E-state index in [1.165, 1.54) is 36.5 Å². The van der Waals surface area contributed by atoms with Gasteiger partial charge in [-0.1, -0.05) is 12.1 Å². The van der Waals surface area contributed by atoms with Gasteiger partial charge in [0.25, 0.3) is 0 Å². The Balaban J connectivity index is 2.22. The molecule has 7 heteroatoms. The van der Waals surface area contributed by atoms with E-state index < -0.39 is 11.9 Å². The molecule has 7 nitrogen and oxygen atoms in total. The molecule has 0 radical (unpaired) electrons. The van der Waals surface area contributed by atoms with Crippen molar-refractivity contribution in [1.29, 1.82) is 0 Å². The number of nitrogens with one attached hydrogen (secondary N) is 1. The summed E-state index contributed by atoms with van der Waals surface area (Å²) in [7, 11) is 0. The van der Waals surface area contributed by atoms with E-state index in [1.54, 1.807) is 12.1 Å². The maximum absolute atomic E-state index is 11.0. The van der Waals surface area contributed by atoms with Gasteiger partial charge in [-0.15, -0.1) is 0 Å². The first-order valence-electron chi connectivity index (χ1n) is 6.16. The van der Waals surface area contributed by atoms with Crippen LogP contribution in [0.3, 0.4) is 0 Å². The number of carboxylic acid groups (broad SMARTS) is 2. The second-order valence-electron chi connectivity index (χ2n) is 4.30. The van der Waals surface area contributed by atoms with Crippen molar-refractivity contribution in [3.05, 3.63) is 59.2 Å². The maximum atomic E-state index is 11.0. The van der Waals surface area contributed by atoms with E-state index in [2.05, 4.69) is 10.5 Å². The number of hydrogen-bond donors (Lipinski definition) is 4. The van der Waals surface area contributed by atoms with Crippen molar-refractivity contribution in [1.82, 2.24) is 0 Å². The number of phenolic OH excluding ortho intramolecular Hbond substituents is 1. The third kappa shape index (κ3) is 3.40. The Morgan fingerprint density at radius 3 is 2.45 bits per heavy atom. The first kappa shape index (κ1) is 15.0. The summed E-state index contributed by atoms with van der Waals surface area (Å²) < 4.78 is 0. The number of benzene rings is 2. The Morgan fingerprint density at radius 2 is 1.77 bits per heavy atom. The van der Waals surface area contributed by atoms with E-state index in [4.69, 9.17) is 10.2 Å². The number of carboxylic acids is 2. The highest BCUT2D eigenvalue weighted by Crippen LogP contribution is 2.18. The number of hydrogen-bond acceptors (Lipinski definition) is 5. The third-order valence-electron chi connectivity index (χ3n) is 2.82. The fraction of sp³-hybridized carbons (Fsp3) is 0. The first-order chi connectivity index (χ1) is 10.5. The van der Waals surface area contributed by atoms with Gasteiger partial charge in [0, 0.05) is 5.56 Å². The number of hydrazone groups is 1. The number of rotatable bonds is 5. The first-order valence-corrected chi connectivity index (χ1v) is 6.16. The van der Waals surface area contributed by atoms with Gasteiger partial charge in [0.05, 0.1) is 23.0 Å². The van der Waals surface area contributed by atoms with Gasteiger partial charge in [0.15, 0.2) is 0 Å². The van der Waals surface area contributed by atoms with Crippen molar-refractivity contribution < 1.29 is 24.9 Å². The van der Waals surface area contributed by atoms with Gasteiger partial charge in [-0.2, -0.15) is 5.10 Å². The van der Waals surface area contributed by atoms with Gasteiger partial charge < -0.3 is 15.3 Å². The highest BCUT2D eigenvalue weighted by Gasteiger charge is 2.08. The maximum Gasteiger partial charge on any atom is 0.337 e. The molecule has 0 fully saturated rings. The highest BCUT2D eigenvalue weighted by molar-refractivity contribution is 5.95. The molecule has 0 aromatic heterocycles. The average molecular weight is 300 g/mol. The minimum absolute atomic E-state index is 0.00480. The molecular formula is C15H12N2O5. The molecule has 0 aliphatic heterocycles. The topological polar surface area (TPSA) is 119 Å². The molecule has 0 aliphatic carbocycles. The smallest absolute Gasteiger partial charge is 0.337 e. The zero-order valence-corrected chi connectivity index (χ0v) is 11.2. The highest BCUT2D eigenvalue weighted by atomic mass is 16.4. The summed E-state index contributed by atoms with van der Waals surface area (Å²) in [5.41, 5.74) is 3.07. The van der Waals surface area contributed by atoms with Crippen LogP contribution in [0, 0.1) is 0 Å². The normalized spacial score (nSPS) is 10.5. The van der Waals surface area contributed by atoms with Crippen LogP contribution in [0.2, 0.25) is 0 Å². The molecule has 112 valence electrons. The Morgan fingerprint density at radius 1 is 1.05 bits per heavy atom. The number of phenols is 1. The van der Waals surface area contributed by atoms with Crippen LogP contribution in [0.15, 0.2) is 47.6 Å². The molecule has 4 N–H and O–H groups in total. The molecule has 2 rings (SSSR count). The Labute approximate surface area is 125 Å². The number of carbonyl (C=O) groups is 2. The van der Waals surface area contributed by atoms with Gasteiger partial charge in [-0.3, -0.25) is 5.43 Å². The summed E-state index contributed by atoms with van der Waals surface area (Å²) in [5, 5.41) is 31.4. The summed E-state index contributed by atoms with van der Waals surface area (Å²) in [4.78, 5) is 21.9. The molecule has 0 aliphatic rings. The summed E-state index contributed by atoms with van der Waals surface area (Å²) in [5.74, 6) is -2.37. The monoisotopic (exact) mass is 300 g/mol. The molecule has 0 bridgehead atoms. The second kappa shape index (κ2) is 6.40. The molecule has 0 heterocycles. The van der Waals surface area contributed by atoms with Crippen LogP contribution in [0.25, 0.3) is 0 Å². The molecule has 0 saturated heterocycles. The molecule has 22 heavy (non-hydrogen) atoms. The van der Waals surface area contributed by atoms with Crippen LogP contribution in [0.4, 0.5) is 5.69 Å². The van der Waals surface area contributed by atoms with Crippen molar-refractivity contribution in [2.45, 2.75) is 0 Å². The molecule has 0 spiro atoms. The predicted molar refractivity (Wildman–Crippen MR) is 79.7 cm³/mol. The number of aromatic carboxylic acids is 2. The van der Waals surface area contributed by atoms with Gasteiger partial charge in [0.2, 0.25) is 0 Å². The Kier molecular flexibility index (Phi) is 4.38. The molecular weight excluding hydrogens is 288 g/mol. The van der Waals surface area contributed by atoms with Crippen molar-refractivity contribution in [2.75, 3.05) is 5.43 Å².